The predicted octanol–water partition coefficient (Wildman–Crippen LogP) is -0.00480. The summed E-state index contributed by atoms with van der Waals surface area (Å²) in [5.74, 6) is 0. The van der Waals surface area contributed by atoms with Crippen LogP contribution >= 0.6 is 0 Å². The van der Waals surface area contributed by atoms with Crippen molar-refractivity contribution in [2.45, 2.75) is 18.1 Å². The van der Waals surface area contributed by atoms with E-state index in [0.29, 0.717) is 6.04 Å². The first-order valence-electron chi connectivity index (χ1n) is 5.23. The summed E-state index contributed by atoms with van der Waals surface area (Å²) in [5.41, 5.74) is 0.109. The molecule has 0 N–H and O–H groups in total. The summed E-state index contributed by atoms with van der Waals surface area (Å²) < 4.78 is 10.8. The predicted molar refractivity (Wildman–Crippen MR) is 54.2 cm³/mol. The molecule has 0 amide bonds. The van der Waals surface area contributed by atoms with Crippen LogP contribution in [0.15, 0.2) is 0 Å². The molecule has 2 rings (SSSR count). The third-order valence-electron chi connectivity index (χ3n) is 3.61. The van der Waals surface area contributed by atoms with Gasteiger partial charge in [0.2, 0.25) is 0 Å². The number of rotatable bonds is 3. The zero-order valence-electron chi connectivity index (χ0n) is 9.32. The van der Waals surface area contributed by atoms with Crippen LogP contribution in [-0.4, -0.2) is 69.1 Å². The van der Waals surface area contributed by atoms with E-state index in [-0.39, 0.29) is 5.66 Å². The second-order valence-electron chi connectivity index (χ2n) is 4.50. The standard InChI is InChI=1S/C10H20N2O2/c1-11(2)10(7-14-8-10)12(3)9-4-5-13-6-9/h9H,4-8H2,1-3H3. The third-order valence-corrected chi connectivity index (χ3v) is 3.61. The van der Waals surface area contributed by atoms with Crippen molar-refractivity contribution in [3.05, 3.63) is 0 Å². The number of ether oxygens (including phenoxy) is 2. The van der Waals surface area contributed by atoms with E-state index < -0.39 is 0 Å². The molecule has 14 heavy (non-hydrogen) atoms. The van der Waals surface area contributed by atoms with Gasteiger partial charge >= 0.3 is 0 Å². The summed E-state index contributed by atoms with van der Waals surface area (Å²) in [4.78, 5) is 4.68. The van der Waals surface area contributed by atoms with Crippen molar-refractivity contribution in [3.8, 4) is 0 Å². The highest BCUT2D eigenvalue weighted by Crippen LogP contribution is 2.29. The Labute approximate surface area is 85.8 Å². The minimum atomic E-state index is 0.109. The number of nitrogens with zero attached hydrogens (tertiary/aromatic N) is 2. The molecule has 0 aromatic rings. The molecular weight excluding hydrogens is 180 g/mol. The van der Waals surface area contributed by atoms with Crippen LogP contribution in [0.5, 0.6) is 0 Å². The van der Waals surface area contributed by atoms with E-state index >= 15 is 0 Å². The van der Waals surface area contributed by atoms with E-state index in [0.717, 1.165) is 32.8 Å². The summed E-state index contributed by atoms with van der Waals surface area (Å²) in [7, 11) is 6.42. The molecule has 0 aromatic carbocycles. The Bertz CT molecular complexity index is 198. The molecule has 0 aliphatic carbocycles. The Morgan fingerprint density at radius 1 is 1.14 bits per heavy atom. The van der Waals surface area contributed by atoms with Gasteiger partial charge in [0, 0.05) is 12.6 Å². The van der Waals surface area contributed by atoms with Crippen LogP contribution in [0, 0.1) is 0 Å². The van der Waals surface area contributed by atoms with Gasteiger partial charge < -0.3 is 9.47 Å². The highest BCUT2D eigenvalue weighted by Gasteiger charge is 2.47. The molecule has 0 radical (unpaired) electrons. The molecule has 1 unspecified atom stereocenters. The lowest BCUT2D eigenvalue weighted by Crippen LogP contribution is -2.70. The van der Waals surface area contributed by atoms with E-state index in [2.05, 4.69) is 30.9 Å². The Morgan fingerprint density at radius 2 is 1.86 bits per heavy atom. The van der Waals surface area contributed by atoms with Gasteiger partial charge in [0.25, 0.3) is 0 Å². The average molecular weight is 200 g/mol. The zero-order valence-corrected chi connectivity index (χ0v) is 9.32. The van der Waals surface area contributed by atoms with Crippen LogP contribution in [0.4, 0.5) is 0 Å². The molecule has 2 aliphatic rings. The zero-order chi connectivity index (χ0) is 10.2. The highest BCUT2D eigenvalue weighted by atomic mass is 16.5. The van der Waals surface area contributed by atoms with Crippen LogP contribution in [0.25, 0.3) is 0 Å². The van der Waals surface area contributed by atoms with Gasteiger partial charge in [-0.15, -0.1) is 0 Å². The molecule has 2 heterocycles. The normalized spacial score (nSPS) is 31.1. The van der Waals surface area contributed by atoms with Crippen molar-refractivity contribution >= 4 is 0 Å². The van der Waals surface area contributed by atoms with E-state index in [1.807, 2.05) is 0 Å². The van der Waals surface area contributed by atoms with Crippen LogP contribution in [0.3, 0.4) is 0 Å². The van der Waals surface area contributed by atoms with Gasteiger partial charge in [-0.2, -0.15) is 0 Å². The van der Waals surface area contributed by atoms with Gasteiger partial charge in [-0.3, -0.25) is 9.80 Å². The minimum absolute atomic E-state index is 0.109. The van der Waals surface area contributed by atoms with Crippen molar-refractivity contribution in [1.82, 2.24) is 9.80 Å². The first-order valence-corrected chi connectivity index (χ1v) is 5.23. The largest absolute Gasteiger partial charge is 0.380 e. The van der Waals surface area contributed by atoms with Gasteiger partial charge in [-0.1, -0.05) is 0 Å². The van der Waals surface area contributed by atoms with Crippen molar-refractivity contribution < 1.29 is 9.47 Å². The lowest BCUT2D eigenvalue weighted by atomic mass is 10.0. The number of likely N-dealkylation sites (N-methyl/N-ethyl adjacent to an activating group) is 2. The Balaban J connectivity index is 2.03. The summed E-state index contributed by atoms with van der Waals surface area (Å²) in [6.45, 7) is 3.39. The van der Waals surface area contributed by atoms with Gasteiger partial charge in [0.1, 0.15) is 5.66 Å². The maximum atomic E-state index is 5.42. The van der Waals surface area contributed by atoms with Gasteiger partial charge in [-0.25, -0.2) is 0 Å². The Hall–Kier alpha value is -0.160. The molecule has 1 atom stereocenters. The van der Waals surface area contributed by atoms with Crippen molar-refractivity contribution in [3.63, 3.8) is 0 Å². The first kappa shape index (κ1) is 10.4. The van der Waals surface area contributed by atoms with E-state index in [4.69, 9.17) is 9.47 Å². The van der Waals surface area contributed by atoms with Gasteiger partial charge in [0.15, 0.2) is 0 Å². The number of hydrogen-bond donors (Lipinski definition) is 0. The SMILES string of the molecule is CN(C)C1(N(C)C2CCOC2)COC1. The second-order valence-corrected chi connectivity index (χ2v) is 4.50. The van der Waals surface area contributed by atoms with E-state index in [9.17, 15) is 0 Å². The molecule has 0 spiro atoms. The fourth-order valence-electron chi connectivity index (χ4n) is 2.23. The van der Waals surface area contributed by atoms with Crippen molar-refractivity contribution in [1.29, 1.82) is 0 Å². The minimum Gasteiger partial charge on any atom is -0.380 e. The molecule has 2 aliphatic heterocycles. The lowest BCUT2D eigenvalue weighted by molar-refractivity contribution is -0.209. The maximum absolute atomic E-state index is 5.42. The van der Waals surface area contributed by atoms with Crippen LogP contribution in [-0.2, 0) is 9.47 Å². The molecule has 4 heteroatoms. The molecular formula is C10H20N2O2. The molecule has 2 saturated heterocycles. The first-order chi connectivity index (χ1) is 6.67. The summed E-state index contributed by atoms with van der Waals surface area (Å²) >= 11 is 0. The monoisotopic (exact) mass is 200 g/mol. The Morgan fingerprint density at radius 3 is 2.21 bits per heavy atom. The molecule has 0 saturated carbocycles. The quantitative estimate of drug-likeness (QED) is 0.599. The van der Waals surface area contributed by atoms with Crippen LogP contribution in [0.1, 0.15) is 6.42 Å². The summed E-state index contributed by atoms with van der Waals surface area (Å²) in [5, 5.41) is 0. The van der Waals surface area contributed by atoms with E-state index in [1.54, 1.807) is 0 Å². The van der Waals surface area contributed by atoms with Gasteiger partial charge in [0.05, 0.1) is 19.8 Å². The van der Waals surface area contributed by atoms with E-state index in [1.165, 1.54) is 0 Å². The Kier molecular flexibility index (Phi) is 2.79. The topological polar surface area (TPSA) is 24.9 Å². The third kappa shape index (κ3) is 1.46. The molecule has 82 valence electrons. The van der Waals surface area contributed by atoms with Crippen LogP contribution < -0.4 is 0 Å². The highest BCUT2D eigenvalue weighted by molar-refractivity contribution is 4.96. The van der Waals surface area contributed by atoms with Gasteiger partial charge in [-0.05, 0) is 27.6 Å². The average Bonchev–Trinajstić information content (AvgIpc) is 2.51. The smallest absolute Gasteiger partial charge is 0.121 e. The van der Waals surface area contributed by atoms with Crippen molar-refractivity contribution in [2.75, 3.05) is 47.6 Å². The summed E-state index contributed by atoms with van der Waals surface area (Å²) in [6, 6.07) is 0.557. The van der Waals surface area contributed by atoms with Crippen molar-refractivity contribution in [2.24, 2.45) is 0 Å². The molecule has 0 aromatic heterocycles. The van der Waals surface area contributed by atoms with Crippen LogP contribution in [0.2, 0.25) is 0 Å². The number of hydrogen-bond acceptors (Lipinski definition) is 4. The molecule has 0 bridgehead atoms. The summed E-state index contributed by atoms with van der Waals surface area (Å²) in [6.07, 6.45) is 1.14. The molecule has 2 fully saturated rings. The lowest BCUT2D eigenvalue weighted by Gasteiger charge is -2.53. The molecule has 4 nitrogen and oxygen atoms in total. The fourth-order valence-corrected chi connectivity index (χ4v) is 2.23. The maximum Gasteiger partial charge on any atom is 0.121 e. The fraction of sp³-hybridized carbons (Fsp3) is 1.00. The second kappa shape index (κ2) is 3.77.